The summed E-state index contributed by atoms with van der Waals surface area (Å²) in [7, 11) is 0. The van der Waals surface area contributed by atoms with Crippen molar-refractivity contribution < 1.29 is 9.90 Å². The van der Waals surface area contributed by atoms with Crippen molar-refractivity contribution in [3.8, 4) is 0 Å². The average Bonchev–Trinajstić information content (AvgIpc) is 2.34. The third-order valence-corrected chi connectivity index (χ3v) is 3.06. The van der Waals surface area contributed by atoms with Crippen LogP contribution in [0.15, 0.2) is 36.4 Å². The number of fused-ring (bicyclic) bond motifs is 1. The van der Waals surface area contributed by atoms with Crippen molar-refractivity contribution in [1.82, 2.24) is 0 Å². The molecule has 0 bridgehead atoms. The van der Waals surface area contributed by atoms with E-state index in [9.17, 15) is 4.79 Å². The maximum absolute atomic E-state index is 10.3. The summed E-state index contributed by atoms with van der Waals surface area (Å²) in [5.74, 6) is -0.912. The fraction of sp³-hybridized carbons (Fsp3) is 0.267. The van der Waals surface area contributed by atoms with E-state index < -0.39 is 5.97 Å². The Morgan fingerprint density at radius 2 is 2.00 bits per heavy atom. The molecule has 0 radical (unpaired) electrons. The van der Waals surface area contributed by atoms with E-state index in [-0.39, 0.29) is 0 Å². The molecule has 0 aromatic heterocycles. The summed E-state index contributed by atoms with van der Waals surface area (Å²) in [5, 5.41) is 8.48. The molecule has 0 amide bonds. The Labute approximate surface area is 101 Å². The Morgan fingerprint density at radius 1 is 1.18 bits per heavy atom. The fourth-order valence-electron chi connectivity index (χ4n) is 2.26. The van der Waals surface area contributed by atoms with E-state index in [0.29, 0.717) is 0 Å². The maximum atomic E-state index is 10.3. The van der Waals surface area contributed by atoms with Crippen LogP contribution in [0.4, 0.5) is 0 Å². The Kier molecular flexibility index (Phi) is 3.76. The molecule has 1 aromatic rings. The van der Waals surface area contributed by atoms with Gasteiger partial charge in [-0.15, -0.1) is 0 Å². The van der Waals surface area contributed by atoms with Gasteiger partial charge in [0.2, 0.25) is 0 Å². The van der Waals surface area contributed by atoms with Gasteiger partial charge in [0.25, 0.3) is 0 Å². The highest BCUT2D eigenvalue weighted by Crippen LogP contribution is 2.25. The minimum Gasteiger partial charge on any atom is -0.478 e. The van der Waals surface area contributed by atoms with Gasteiger partial charge in [0.05, 0.1) is 0 Å². The Hall–Kier alpha value is -1.83. The quantitative estimate of drug-likeness (QED) is 0.637. The SMILES string of the molecule is O=C(O)/C=C/C=C/c1cccc2c1CCCC2. The molecule has 0 spiro atoms. The number of hydrogen-bond acceptors (Lipinski definition) is 1. The molecule has 0 heterocycles. The minimum absolute atomic E-state index is 0.912. The first-order valence-electron chi connectivity index (χ1n) is 5.96. The Bertz CT molecular complexity index is 470. The number of aryl methyl sites for hydroxylation is 1. The first-order chi connectivity index (χ1) is 8.27. The molecule has 0 fully saturated rings. The van der Waals surface area contributed by atoms with Gasteiger partial charge in [0.1, 0.15) is 0 Å². The summed E-state index contributed by atoms with van der Waals surface area (Å²) in [6, 6.07) is 6.36. The van der Waals surface area contributed by atoms with Crippen LogP contribution in [0.1, 0.15) is 29.5 Å². The van der Waals surface area contributed by atoms with Crippen LogP contribution in [0.5, 0.6) is 0 Å². The lowest BCUT2D eigenvalue weighted by molar-refractivity contribution is -0.131. The van der Waals surface area contributed by atoms with Crippen LogP contribution < -0.4 is 0 Å². The molecule has 0 saturated heterocycles. The summed E-state index contributed by atoms with van der Waals surface area (Å²) in [6.45, 7) is 0. The highest BCUT2D eigenvalue weighted by atomic mass is 16.4. The summed E-state index contributed by atoms with van der Waals surface area (Å²) in [4.78, 5) is 10.3. The minimum atomic E-state index is -0.912. The van der Waals surface area contributed by atoms with Crippen molar-refractivity contribution in [1.29, 1.82) is 0 Å². The monoisotopic (exact) mass is 228 g/mol. The normalized spacial score (nSPS) is 15.3. The van der Waals surface area contributed by atoms with Gasteiger partial charge in [0.15, 0.2) is 0 Å². The van der Waals surface area contributed by atoms with Gasteiger partial charge in [-0.2, -0.15) is 0 Å². The van der Waals surface area contributed by atoms with E-state index in [1.807, 2.05) is 6.08 Å². The molecule has 2 nitrogen and oxygen atoms in total. The van der Waals surface area contributed by atoms with Gasteiger partial charge < -0.3 is 5.11 Å². The van der Waals surface area contributed by atoms with Crippen LogP contribution in [0, 0.1) is 0 Å². The van der Waals surface area contributed by atoms with Gasteiger partial charge in [-0.3, -0.25) is 0 Å². The zero-order valence-corrected chi connectivity index (χ0v) is 9.73. The van der Waals surface area contributed by atoms with Crippen LogP contribution in [-0.2, 0) is 17.6 Å². The van der Waals surface area contributed by atoms with Gasteiger partial charge in [0, 0.05) is 6.08 Å². The van der Waals surface area contributed by atoms with Crippen LogP contribution in [0.2, 0.25) is 0 Å². The molecule has 0 unspecified atom stereocenters. The second-order valence-corrected chi connectivity index (χ2v) is 4.25. The van der Waals surface area contributed by atoms with E-state index in [1.54, 1.807) is 12.2 Å². The van der Waals surface area contributed by atoms with Crippen LogP contribution in [0.3, 0.4) is 0 Å². The predicted molar refractivity (Wildman–Crippen MR) is 68.9 cm³/mol. The second kappa shape index (κ2) is 5.48. The Morgan fingerprint density at radius 3 is 2.82 bits per heavy atom. The number of aliphatic carboxylic acids is 1. The standard InChI is InChI=1S/C15H16O2/c16-15(17)11-4-2-7-13-9-5-8-12-6-1-3-10-14(12)13/h2,4-5,7-9,11H,1,3,6,10H2,(H,16,17)/b7-2+,11-4+. The van der Waals surface area contributed by atoms with Crippen LogP contribution in [-0.4, -0.2) is 11.1 Å². The zero-order valence-electron chi connectivity index (χ0n) is 9.73. The number of allylic oxidation sites excluding steroid dienone is 2. The molecule has 2 rings (SSSR count). The van der Waals surface area contributed by atoms with E-state index in [2.05, 4.69) is 18.2 Å². The van der Waals surface area contributed by atoms with Crippen molar-refractivity contribution in [3.63, 3.8) is 0 Å². The van der Waals surface area contributed by atoms with Gasteiger partial charge in [-0.05, 0) is 42.4 Å². The summed E-state index contributed by atoms with van der Waals surface area (Å²) < 4.78 is 0. The van der Waals surface area contributed by atoms with Crippen molar-refractivity contribution in [3.05, 3.63) is 53.1 Å². The third kappa shape index (κ3) is 3.06. The summed E-state index contributed by atoms with van der Waals surface area (Å²) in [6.07, 6.45) is 11.3. The fourth-order valence-corrected chi connectivity index (χ4v) is 2.26. The molecule has 1 aliphatic carbocycles. The zero-order chi connectivity index (χ0) is 12.1. The third-order valence-electron chi connectivity index (χ3n) is 3.06. The first kappa shape index (κ1) is 11.6. The average molecular weight is 228 g/mol. The van der Waals surface area contributed by atoms with Gasteiger partial charge in [-0.25, -0.2) is 4.79 Å². The van der Waals surface area contributed by atoms with Crippen molar-refractivity contribution >= 4 is 12.0 Å². The molecule has 0 saturated carbocycles. The lowest BCUT2D eigenvalue weighted by Crippen LogP contribution is -2.03. The number of carboxylic acids is 1. The van der Waals surface area contributed by atoms with E-state index in [4.69, 9.17) is 5.11 Å². The molecule has 88 valence electrons. The van der Waals surface area contributed by atoms with Crippen molar-refractivity contribution in [2.24, 2.45) is 0 Å². The number of hydrogen-bond donors (Lipinski definition) is 1. The van der Waals surface area contributed by atoms with E-state index in [1.165, 1.54) is 36.0 Å². The van der Waals surface area contributed by atoms with Gasteiger partial charge >= 0.3 is 5.97 Å². The first-order valence-corrected chi connectivity index (χ1v) is 5.96. The summed E-state index contributed by atoms with van der Waals surface area (Å²) >= 11 is 0. The molecular weight excluding hydrogens is 212 g/mol. The lowest BCUT2D eigenvalue weighted by Gasteiger charge is -2.17. The highest BCUT2D eigenvalue weighted by molar-refractivity contribution is 5.80. The largest absolute Gasteiger partial charge is 0.478 e. The molecule has 1 N–H and O–H groups in total. The highest BCUT2D eigenvalue weighted by Gasteiger charge is 2.10. The molecule has 17 heavy (non-hydrogen) atoms. The van der Waals surface area contributed by atoms with Crippen molar-refractivity contribution in [2.75, 3.05) is 0 Å². The number of carboxylic acid groups (broad SMARTS) is 1. The number of rotatable bonds is 3. The van der Waals surface area contributed by atoms with Crippen molar-refractivity contribution in [2.45, 2.75) is 25.7 Å². The molecule has 1 aromatic carbocycles. The topological polar surface area (TPSA) is 37.3 Å². The summed E-state index contributed by atoms with van der Waals surface area (Å²) in [5.41, 5.74) is 4.09. The molecule has 0 aliphatic heterocycles. The molecule has 0 atom stereocenters. The molecule has 1 aliphatic rings. The molecule has 2 heteroatoms. The Balaban J connectivity index is 2.18. The van der Waals surface area contributed by atoms with Gasteiger partial charge in [-0.1, -0.05) is 36.4 Å². The van der Waals surface area contributed by atoms with E-state index in [0.717, 1.165) is 12.5 Å². The second-order valence-electron chi connectivity index (χ2n) is 4.25. The molecular formula is C15H16O2. The van der Waals surface area contributed by atoms with Crippen LogP contribution >= 0.6 is 0 Å². The van der Waals surface area contributed by atoms with E-state index >= 15 is 0 Å². The lowest BCUT2D eigenvalue weighted by atomic mass is 9.88. The smallest absolute Gasteiger partial charge is 0.328 e. The number of benzene rings is 1. The predicted octanol–water partition coefficient (Wildman–Crippen LogP) is 3.22. The number of carbonyl (C=O) groups is 1. The van der Waals surface area contributed by atoms with Crippen LogP contribution in [0.25, 0.3) is 6.08 Å². The maximum Gasteiger partial charge on any atom is 0.328 e.